The number of amides is 2. The molecule has 0 unspecified atom stereocenters. The molecule has 3 aromatic rings. The first-order valence-electron chi connectivity index (χ1n) is 13.8. The molecule has 1 aliphatic rings. The fourth-order valence-corrected chi connectivity index (χ4v) is 4.62. The van der Waals surface area contributed by atoms with Crippen LogP contribution in [0.25, 0.3) is 0 Å². The van der Waals surface area contributed by atoms with Gasteiger partial charge in [0.1, 0.15) is 17.2 Å². The molecule has 1 saturated heterocycles. The molecular formula is C31H33FN4O7. The summed E-state index contributed by atoms with van der Waals surface area (Å²) in [6.45, 7) is 6.70. The fraction of sp³-hybridized carbons (Fsp3) is 0.323. The second kappa shape index (κ2) is 13.3. The number of carbonyl (C=O) groups is 3. The smallest absolute Gasteiger partial charge is 0.417 e. The minimum atomic E-state index is -0.845. The molecule has 1 heterocycles. The number of non-ortho nitro benzene ring substituents is 1. The molecule has 0 aromatic heterocycles. The highest BCUT2D eigenvalue weighted by Crippen LogP contribution is 2.31. The van der Waals surface area contributed by atoms with Crippen LogP contribution < -0.4 is 20.3 Å². The normalized spacial score (nSPS) is 13.2. The van der Waals surface area contributed by atoms with Crippen molar-refractivity contribution in [2.45, 2.75) is 52.1 Å². The van der Waals surface area contributed by atoms with E-state index in [1.54, 1.807) is 32.9 Å². The maximum atomic E-state index is 14.1. The number of nitro benzene ring substituents is 1. The fourth-order valence-electron chi connectivity index (χ4n) is 4.62. The van der Waals surface area contributed by atoms with Gasteiger partial charge in [-0.1, -0.05) is 0 Å². The quantitative estimate of drug-likeness (QED) is 0.172. The number of piperidine rings is 1. The SMILES string of the molecule is CC(C)(C)OC(=O)Cc1cc(F)ccc1NC(=O)c1ccc(N2CCCCC2)c(NC(=O)Oc2ccc([N+](=O)[O-])cc2)c1. The molecule has 0 saturated carbocycles. The molecule has 1 aliphatic heterocycles. The lowest BCUT2D eigenvalue weighted by atomic mass is 10.1. The summed E-state index contributed by atoms with van der Waals surface area (Å²) < 4.78 is 24.7. The van der Waals surface area contributed by atoms with Crippen molar-refractivity contribution in [3.8, 4) is 5.75 Å². The number of carbonyl (C=O) groups excluding carboxylic acids is 3. The maximum Gasteiger partial charge on any atom is 0.417 e. The first kappa shape index (κ1) is 30.9. The van der Waals surface area contributed by atoms with Crippen molar-refractivity contribution in [2.75, 3.05) is 28.6 Å². The summed E-state index contributed by atoms with van der Waals surface area (Å²) in [7, 11) is 0. The van der Waals surface area contributed by atoms with Crippen LogP contribution in [-0.4, -0.2) is 41.6 Å². The first-order valence-corrected chi connectivity index (χ1v) is 13.8. The van der Waals surface area contributed by atoms with Crippen molar-refractivity contribution >= 4 is 40.7 Å². The Hall–Kier alpha value is -5.00. The summed E-state index contributed by atoms with van der Waals surface area (Å²) in [6.07, 6.45) is 1.94. The van der Waals surface area contributed by atoms with Gasteiger partial charge in [0.2, 0.25) is 0 Å². The van der Waals surface area contributed by atoms with E-state index < -0.39 is 34.3 Å². The summed E-state index contributed by atoms with van der Waals surface area (Å²) >= 11 is 0. The number of hydrogen-bond donors (Lipinski definition) is 2. The highest BCUT2D eigenvalue weighted by atomic mass is 19.1. The average molecular weight is 593 g/mol. The van der Waals surface area contributed by atoms with Gasteiger partial charge >= 0.3 is 12.1 Å². The van der Waals surface area contributed by atoms with Crippen LogP contribution in [-0.2, 0) is 16.0 Å². The Bertz CT molecular complexity index is 1510. The Balaban J connectivity index is 1.56. The summed E-state index contributed by atoms with van der Waals surface area (Å²) in [5.41, 5.74) is 0.835. The lowest BCUT2D eigenvalue weighted by Gasteiger charge is -2.30. The number of nitrogens with one attached hydrogen (secondary N) is 2. The summed E-state index contributed by atoms with van der Waals surface area (Å²) in [5.74, 6) is -1.59. The zero-order chi connectivity index (χ0) is 31.1. The van der Waals surface area contributed by atoms with Crippen molar-refractivity contribution < 1.29 is 33.2 Å². The Morgan fingerprint density at radius 3 is 2.28 bits per heavy atom. The molecule has 0 radical (unpaired) electrons. The molecule has 12 heteroatoms. The van der Waals surface area contributed by atoms with Gasteiger partial charge in [-0.3, -0.25) is 25.0 Å². The number of esters is 1. The van der Waals surface area contributed by atoms with Gasteiger partial charge in [0.05, 0.1) is 22.7 Å². The predicted octanol–water partition coefficient (Wildman–Crippen LogP) is 6.47. The van der Waals surface area contributed by atoms with E-state index in [0.717, 1.165) is 32.4 Å². The van der Waals surface area contributed by atoms with E-state index >= 15 is 0 Å². The van der Waals surface area contributed by atoms with Crippen molar-refractivity contribution in [3.63, 3.8) is 0 Å². The monoisotopic (exact) mass is 592 g/mol. The van der Waals surface area contributed by atoms with Crippen molar-refractivity contribution in [3.05, 3.63) is 87.7 Å². The van der Waals surface area contributed by atoms with E-state index in [0.29, 0.717) is 11.4 Å². The van der Waals surface area contributed by atoms with Gasteiger partial charge in [-0.15, -0.1) is 0 Å². The maximum absolute atomic E-state index is 14.1. The molecule has 3 aromatic carbocycles. The molecule has 0 bridgehead atoms. The number of anilines is 3. The van der Waals surface area contributed by atoms with Gasteiger partial charge in [-0.05, 0) is 94.1 Å². The zero-order valence-corrected chi connectivity index (χ0v) is 24.1. The summed E-state index contributed by atoms with van der Waals surface area (Å²) in [6, 6.07) is 13.6. The van der Waals surface area contributed by atoms with Crippen LogP contribution in [0.5, 0.6) is 5.75 Å². The number of halogens is 1. The van der Waals surface area contributed by atoms with Crippen LogP contribution in [0.4, 0.5) is 31.9 Å². The zero-order valence-electron chi connectivity index (χ0n) is 24.1. The third-order valence-corrected chi connectivity index (χ3v) is 6.52. The Kier molecular flexibility index (Phi) is 9.59. The van der Waals surface area contributed by atoms with Crippen molar-refractivity contribution in [1.29, 1.82) is 0 Å². The van der Waals surface area contributed by atoms with Gasteiger partial charge in [0.25, 0.3) is 11.6 Å². The van der Waals surface area contributed by atoms with Crippen molar-refractivity contribution in [2.24, 2.45) is 0 Å². The second-order valence-corrected chi connectivity index (χ2v) is 11.1. The third-order valence-electron chi connectivity index (χ3n) is 6.52. The number of rotatable bonds is 8. The minimum absolute atomic E-state index is 0.102. The highest BCUT2D eigenvalue weighted by molar-refractivity contribution is 6.06. The lowest BCUT2D eigenvalue weighted by Crippen LogP contribution is -2.31. The van der Waals surface area contributed by atoms with E-state index in [1.165, 1.54) is 48.5 Å². The van der Waals surface area contributed by atoms with Crippen LogP contribution in [0.15, 0.2) is 60.7 Å². The van der Waals surface area contributed by atoms with Gasteiger partial charge in [-0.2, -0.15) is 0 Å². The molecule has 226 valence electrons. The predicted molar refractivity (Wildman–Crippen MR) is 159 cm³/mol. The molecule has 1 fully saturated rings. The number of benzene rings is 3. The van der Waals surface area contributed by atoms with Crippen LogP contribution in [0, 0.1) is 15.9 Å². The lowest BCUT2D eigenvalue weighted by molar-refractivity contribution is -0.384. The van der Waals surface area contributed by atoms with Crippen LogP contribution in [0.2, 0.25) is 0 Å². The Morgan fingerprint density at radius 2 is 1.63 bits per heavy atom. The third kappa shape index (κ3) is 8.74. The number of nitro groups is 1. The molecular weight excluding hydrogens is 559 g/mol. The molecule has 0 spiro atoms. The molecule has 43 heavy (non-hydrogen) atoms. The molecule has 2 amide bonds. The molecule has 0 atom stereocenters. The van der Waals surface area contributed by atoms with E-state index in [4.69, 9.17) is 9.47 Å². The van der Waals surface area contributed by atoms with Crippen LogP contribution in [0.1, 0.15) is 56.0 Å². The van der Waals surface area contributed by atoms with Crippen LogP contribution >= 0.6 is 0 Å². The second-order valence-electron chi connectivity index (χ2n) is 11.1. The Labute approximate surface area is 248 Å². The topological polar surface area (TPSA) is 140 Å². The number of ether oxygens (including phenoxy) is 2. The largest absolute Gasteiger partial charge is 0.460 e. The van der Waals surface area contributed by atoms with Gasteiger partial charge in [0.15, 0.2) is 0 Å². The standard InChI is InChI=1S/C31H33FN4O7/c1-31(2,3)43-28(37)19-21-17-22(32)8-13-25(21)33-29(38)20-7-14-27(35-15-5-4-6-16-35)26(18-20)34-30(39)42-24-11-9-23(10-12-24)36(40)41/h7-14,17-18H,4-6,15-16,19H2,1-3H3,(H,33,38)(H,34,39). The Morgan fingerprint density at radius 1 is 0.930 bits per heavy atom. The summed E-state index contributed by atoms with van der Waals surface area (Å²) in [5, 5.41) is 16.3. The molecule has 11 nitrogen and oxygen atoms in total. The number of nitrogens with zero attached hydrogens (tertiary/aromatic N) is 2. The van der Waals surface area contributed by atoms with Gasteiger partial charge in [0, 0.05) is 36.5 Å². The van der Waals surface area contributed by atoms with Crippen LogP contribution in [0.3, 0.4) is 0 Å². The minimum Gasteiger partial charge on any atom is -0.460 e. The molecule has 4 rings (SSSR count). The molecule has 2 N–H and O–H groups in total. The van der Waals surface area contributed by atoms with E-state index in [2.05, 4.69) is 15.5 Å². The van der Waals surface area contributed by atoms with Gasteiger partial charge in [-0.25, -0.2) is 9.18 Å². The van der Waals surface area contributed by atoms with E-state index in [-0.39, 0.29) is 34.7 Å². The van der Waals surface area contributed by atoms with E-state index in [9.17, 15) is 28.9 Å². The van der Waals surface area contributed by atoms with Crippen molar-refractivity contribution in [1.82, 2.24) is 0 Å². The van der Waals surface area contributed by atoms with Gasteiger partial charge < -0.3 is 19.7 Å². The average Bonchev–Trinajstić information content (AvgIpc) is 2.94. The highest BCUT2D eigenvalue weighted by Gasteiger charge is 2.22. The first-order chi connectivity index (χ1) is 20.4. The number of hydrogen-bond acceptors (Lipinski definition) is 8. The van der Waals surface area contributed by atoms with E-state index in [1.807, 2.05) is 0 Å². The summed E-state index contributed by atoms with van der Waals surface area (Å²) in [4.78, 5) is 51.0. The molecule has 0 aliphatic carbocycles.